The van der Waals surface area contributed by atoms with Crippen molar-refractivity contribution in [3.8, 4) is 0 Å². The topological polar surface area (TPSA) is 41.3 Å². The van der Waals surface area contributed by atoms with E-state index in [0.29, 0.717) is 10.6 Å². The number of rotatable bonds is 4. The summed E-state index contributed by atoms with van der Waals surface area (Å²) in [5.74, 6) is 0. The van der Waals surface area contributed by atoms with E-state index in [4.69, 9.17) is 29.6 Å². The van der Waals surface area contributed by atoms with E-state index < -0.39 is 0 Å². The number of nitrogens with two attached hydrogens (primary N) is 1. The second kappa shape index (κ2) is 6.11. The van der Waals surface area contributed by atoms with Crippen LogP contribution >= 0.6 is 23.8 Å². The lowest BCUT2D eigenvalue weighted by molar-refractivity contribution is 1.13. The minimum Gasteiger partial charge on any atom is -0.389 e. The number of benzene rings is 2. The second-order valence-electron chi connectivity index (χ2n) is 4.60. The Morgan fingerprint density at radius 3 is 2.55 bits per heavy atom. The summed E-state index contributed by atoms with van der Waals surface area (Å²) in [4.78, 5) is 2.32. The number of hydrogen-bond acceptors (Lipinski definition) is 3. The van der Waals surface area contributed by atoms with Gasteiger partial charge in [-0.3, -0.25) is 0 Å². The summed E-state index contributed by atoms with van der Waals surface area (Å²) >= 11 is 11.2. The van der Waals surface area contributed by atoms with Crippen molar-refractivity contribution in [2.45, 2.75) is 0 Å². The monoisotopic (exact) mass is 305 g/mol. The highest BCUT2D eigenvalue weighted by Gasteiger charge is 2.10. The third-order valence-electron chi connectivity index (χ3n) is 2.90. The molecule has 0 aliphatic rings. The van der Waals surface area contributed by atoms with Gasteiger partial charge in [0.2, 0.25) is 0 Å². The fraction of sp³-hybridized carbons (Fsp3) is 0.133. The Hall–Kier alpha value is -1.78. The number of nitrogens with one attached hydrogen (secondary N) is 1. The molecular formula is C15H16ClN3S. The molecule has 2 aromatic carbocycles. The Balaban J connectivity index is 2.38. The molecule has 3 nitrogen and oxygen atoms in total. The predicted octanol–water partition coefficient (Wildman–Crippen LogP) is 3.78. The summed E-state index contributed by atoms with van der Waals surface area (Å²) < 4.78 is 0. The van der Waals surface area contributed by atoms with Crippen molar-refractivity contribution in [2.75, 3.05) is 24.3 Å². The van der Waals surface area contributed by atoms with Gasteiger partial charge in [0.25, 0.3) is 0 Å². The first kappa shape index (κ1) is 14.6. The Labute approximate surface area is 129 Å². The van der Waals surface area contributed by atoms with Crippen LogP contribution in [0.2, 0.25) is 5.02 Å². The van der Waals surface area contributed by atoms with Crippen LogP contribution in [0.25, 0.3) is 0 Å². The number of thiocarbonyl (C=S) groups is 1. The molecule has 0 radical (unpaired) electrons. The summed E-state index contributed by atoms with van der Waals surface area (Å²) in [6, 6.07) is 13.6. The fourth-order valence-corrected chi connectivity index (χ4v) is 2.45. The van der Waals surface area contributed by atoms with Crippen molar-refractivity contribution in [1.29, 1.82) is 0 Å². The van der Waals surface area contributed by atoms with Gasteiger partial charge in [-0.2, -0.15) is 0 Å². The lowest BCUT2D eigenvalue weighted by atomic mass is 10.1. The van der Waals surface area contributed by atoms with E-state index in [-0.39, 0.29) is 4.99 Å². The quantitative estimate of drug-likeness (QED) is 0.843. The zero-order valence-corrected chi connectivity index (χ0v) is 12.9. The lowest BCUT2D eigenvalue weighted by Crippen LogP contribution is -2.13. The van der Waals surface area contributed by atoms with Gasteiger partial charge in [-0.25, -0.2) is 0 Å². The standard InChI is InChI=1S/C15H16ClN3S/c1-19(2)11-6-3-5-10(9-11)18-13-8-4-7-12(16)14(13)15(17)20/h3-9,18H,1-2H3,(H2,17,20). The van der Waals surface area contributed by atoms with Crippen LogP contribution in [0.15, 0.2) is 42.5 Å². The number of nitrogens with zero attached hydrogens (tertiary/aromatic N) is 1. The third kappa shape index (κ3) is 3.21. The molecule has 0 fully saturated rings. The average molecular weight is 306 g/mol. The maximum absolute atomic E-state index is 6.16. The van der Waals surface area contributed by atoms with Gasteiger partial charge in [-0.15, -0.1) is 0 Å². The van der Waals surface area contributed by atoms with Gasteiger partial charge < -0.3 is 16.0 Å². The molecule has 0 saturated carbocycles. The van der Waals surface area contributed by atoms with Crippen LogP contribution in [0.4, 0.5) is 17.1 Å². The van der Waals surface area contributed by atoms with Gasteiger partial charge in [0.1, 0.15) is 4.99 Å². The van der Waals surface area contributed by atoms with Crippen LogP contribution < -0.4 is 16.0 Å². The van der Waals surface area contributed by atoms with Gasteiger partial charge in [0.05, 0.1) is 16.3 Å². The SMILES string of the molecule is CN(C)c1cccc(Nc2cccc(Cl)c2C(N)=S)c1. The number of anilines is 3. The molecule has 5 heteroatoms. The Bertz CT molecular complexity index is 641. The molecule has 0 saturated heterocycles. The van der Waals surface area contributed by atoms with E-state index in [1.807, 2.05) is 55.4 Å². The van der Waals surface area contributed by atoms with Crippen LogP contribution in [-0.2, 0) is 0 Å². The molecule has 0 spiro atoms. The molecule has 0 heterocycles. The zero-order valence-electron chi connectivity index (χ0n) is 11.4. The molecule has 0 aromatic heterocycles. The Kier molecular flexibility index (Phi) is 4.47. The van der Waals surface area contributed by atoms with Gasteiger partial charge in [0, 0.05) is 25.5 Å². The highest BCUT2D eigenvalue weighted by Crippen LogP contribution is 2.28. The summed E-state index contributed by atoms with van der Waals surface area (Å²) in [6.07, 6.45) is 0. The molecule has 0 amide bonds. The Morgan fingerprint density at radius 2 is 1.90 bits per heavy atom. The first-order chi connectivity index (χ1) is 9.49. The maximum Gasteiger partial charge on any atom is 0.107 e. The molecule has 0 unspecified atom stereocenters. The zero-order chi connectivity index (χ0) is 14.7. The van der Waals surface area contributed by atoms with E-state index in [1.165, 1.54) is 0 Å². The number of halogens is 1. The largest absolute Gasteiger partial charge is 0.389 e. The summed E-state index contributed by atoms with van der Waals surface area (Å²) in [5.41, 5.74) is 9.28. The second-order valence-corrected chi connectivity index (χ2v) is 5.44. The first-order valence-electron chi connectivity index (χ1n) is 6.12. The van der Waals surface area contributed by atoms with Crippen molar-refractivity contribution >= 4 is 45.9 Å². The van der Waals surface area contributed by atoms with Crippen LogP contribution in [0.3, 0.4) is 0 Å². The van der Waals surface area contributed by atoms with Gasteiger partial charge >= 0.3 is 0 Å². The molecule has 0 atom stereocenters. The van der Waals surface area contributed by atoms with Gasteiger partial charge in [-0.1, -0.05) is 36.0 Å². The van der Waals surface area contributed by atoms with Crippen LogP contribution in [0.5, 0.6) is 0 Å². The third-order valence-corrected chi connectivity index (χ3v) is 3.42. The molecule has 3 N–H and O–H groups in total. The number of hydrogen-bond donors (Lipinski definition) is 2. The van der Waals surface area contributed by atoms with Gasteiger partial charge in [-0.05, 0) is 30.3 Å². The van der Waals surface area contributed by atoms with E-state index >= 15 is 0 Å². The maximum atomic E-state index is 6.16. The first-order valence-corrected chi connectivity index (χ1v) is 6.90. The molecular weight excluding hydrogens is 290 g/mol. The predicted molar refractivity (Wildman–Crippen MR) is 91.4 cm³/mol. The smallest absolute Gasteiger partial charge is 0.107 e. The highest BCUT2D eigenvalue weighted by atomic mass is 35.5. The summed E-state index contributed by atoms with van der Waals surface area (Å²) in [6.45, 7) is 0. The van der Waals surface area contributed by atoms with Crippen molar-refractivity contribution in [3.63, 3.8) is 0 Å². The molecule has 104 valence electrons. The van der Waals surface area contributed by atoms with Gasteiger partial charge in [0.15, 0.2) is 0 Å². The van der Waals surface area contributed by atoms with Crippen molar-refractivity contribution in [2.24, 2.45) is 5.73 Å². The van der Waals surface area contributed by atoms with E-state index in [1.54, 1.807) is 6.07 Å². The minimum absolute atomic E-state index is 0.280. The van der Waals surface area contributed by atoms with Crippen LogP contribution in [0.1, 0.15) is 5.56 Å². The Morgan fingerprint density at radius 1 is 1.20 bits per heavy atom. The minimum atomic E-state index is 0.280. The fourth-order valence-electron chi connectivity index (χ4n) is 1.90. The normalized spacial score (nSPS) is 10.2. The van der Waals surface area contributed by atoms with E-state index in [0.717, 1.165) is 17.1 Å². The van der Waals surface area contributed by atoms with Crippen molar-refractivity contribution in [3.05, 3.63) is 53.1 Å². The molecule has 20 heavy (non-hydrogen) atoms. The summed E-state index contributed by atoms with van der Waals surface area (Å²) in [5, 5.41) is 3.86. The molecule has 0 aliphatic heterocycles. The molecule has 2 rings (SSSR count). The lowest BCUT2D eigenvalue weighted by Gasteiger charge is -2.16. The van der Waals surface area contributed by atoms with Crippen molar-refractivity contribution < 1.29 is 0 Å². The molecule has 0 bridgehead atoms. The van der Waals surface area contributed by atoms with Crippen LogP contribution in [-0.4, -0.2) is 19.1 Å². The van der Waals surface area contributed by atoms with Crippen LogP contribution in [0, 0.1) is 0 Å². The van der Waals surface area contributed by atoms with E-state index in [9.17, 15) is 0 Å². The molecule has 0 aliphatic carbocycles. The highest BCUT2D eigenvalue weighted by molar-refractivity contribution is 7.80. The van der Waals surface area contributed by atoms with E-state index in [2.05, 4.69) is 5.32 Å². The average Bonchev–Trinajstić information content (AvgIpc) is 2.38. The molecule has 2 aromatic rings. The summed E-state index contributed by atoms with van der Waals surface area (Å²) in [7, 11) is 4.00. The van der Waals surface area contributed by atoms with Crippen molar-refractivity contribution in [1.82, 2.24) is 0 Å².